The zero-order valence-corrected chi connectivity index (χ0v) is 25.0. The molecule has 4 N–H and O–H groups in total. The third kappa shape index (κ3) is 7.95. The van der Waals surface area contributed by atoms with E-state index in [0.717, 1.165) is 31.7 Å². The maximum atomic E-state index is 11.8. The number of ether oxygens (including phenoxy) is 3. The number of nitrogens with zero attached hydrogens (tertiary/aromatic N) is 6. The van der Waals surface area contributed by atoms with Gasteiger partial charge in [0.1, 0.15) is 11.7 Å². The lowest BCUT2D eigenvalue weighted by molar-refractivity contribution is -0.121. The first-order valence-electron chi connectivity index (χ1n) is 14.0. The highest BCUT2D eigenvalue weighted by molar-refractivity contribution is 6.32. The number of aliphatic imine (C=N–C) groups is 1. The van der Waals surface area contributed by atoms with Gasteiger partial charge in [0.05, 0.1) is 38.1 Å². The summed E-state index contributed by atoms with van der Waals surface area (Å²) in [6.45, 7) is 4.49. The van der Waals surface area contributed by atoms with Crippen LogP contribution in [-0.2, 0) is 4.79 Å². The van der Waals surface area contributed by atoms with Crippen LogP contribution >= 0.6 is 11.6 Å². The number of nitrogens with two attached hydrogens (primary N) is 1. The van der Waals surface area contributed by atoms with E-state index in [-0.39, 0.29) is 18.3 Å². The molecule has 0 saturated carbocycles. The molecule has 13 nitrogen and oxygen atoms in total. The topological polar surface area (TPSA) is 143 Å². The molecule has 0 bridgehead atoms. The Labute approximate surface area is 255 Å². The molecule has 1 amide bonds. The van der Waals surface area contributed by atoms with Crippen LogP contribution in [0, 0.1) is 0 Å². The fourth-order valence-corrected chi connectivity index (χ4v) is 4.99. The van der Waals surface area contributed by atoms with Crippen molar-refractivity contribution in [3.8, 4) is 23.1 Å². The number of para-hydroxylation sites is 1. The van der Waals surface area contributed by atoms with Crippen LogP contribution in [0.4, 0.5) is 17.5 Å². The molecule has 0 spiro atoms. The minimum atomic E-state index is 0.0930. The van der Waals surface area contributed by atoms with Crippen molar-refractivity contribution in [3.05, 3.63) is 53.6 Å². The molecule has 0 atom stereocenters. The molecule has 2 saturated heterocycles. The highest BCUT2D eigenvalue weighted by Crippen LogP contribution is 2.39. The van der Waals surface area contributed by atoms with E-state index >= 15 is 0 Å². The van der Waals surface area contributed by atoms with Crippen molar-refractivity contribution < 1.29 is 19.0 Å². The molecule has 43 heavy (non-hydrogen) atoms. The summed E-state index contributed by atoms with van der Waals surface area (Å²) >= 11 is 6.51. The van der Waals surface area contributed by atoms with E-state index in [4.69, 9.17) is 41.5 Å². The summed E-state index contributed by atoms with van der Waals surface area (Å²) < 4.78 is 16.9. The molecule has 3 aromatic rings. The fourth-order valence-electron chi connectivity index (χ4n) is 4.80. The van der Waals surface area contributed by atoms with Gasteiger partial charge < -0.3 is 35.5 Å². The van der Waals surface area contributed by atoms with Crippen LogP contribution in [0.5, 0.6) is 23.1 Å². The number of methoxy groups -OCH3 is 2. The number of anilines is 2. The van der Waals surface area contributed by atoms with E-state index in [1.54, 1.807) is 32.4 Å². The first-order valence-corrected chi connectivity index (χ1v) is 14.4. The van der Waals surface area contributed by atoms with Crippen molar-refractivity contribution in [2.45, 2.75) is 12.8 Å². The Morgan fingerprint density at radius 3 is 2.49 bits per heavy atom. The number of nitrogens with one attached hydrogen (secondary N) is 2. The molecule has 2 aromatic carbocycles. The van der Waals surface area contributed by atoms with E-state index < -0.39 is 0 Å². The third-order valence-corrected chi connectivity index (χ3v) is 7.34. The molecular formula is C29H36ClN9O4. The Morgan fingerprint density at radius 2 is 1.74 bits per heavy atom. The molecule has 14 heteroatoms. The van der Waals surface area contributed by atoms with Crippen molar-refractivity contribution in [2.75, 3.05) is 70.4 Å². The number of carbonyl (C=O) groups excluding carboxylic acids is 1. The Hall–Kier alpha value is -4.33. The first-order chi connectivity index (χ1) is 20.9. The van der Waals surface area contributed by atoms with Crippen molar-refractivity contribution in [1.82, 2.24) is 25.3 Å². The van der Waals surface area contributed by atoms with Crippen LogP contribution in [0.3, 0.4) is 0 Å². The number of amidine groups is 1. The summed E-state index contributed by atoms with van der Waals surface area (Å²) in [5.41, 5.74) is 6.97. The monoisotopic (exact) mass is 609 g/mol. The zero-order chi connectivity index (χ0) is 30.2. The number of hydrogen-bond donors (Lipinski definition) is 3. The van der Waals surface area contributed by atoms with Gasteiger partial charge in [-0.1, -0.05) is 29.8 Å². The van der Waals surface area contributed by atoms with Crippen LogP contribution in [-0.4, -0.2) is 91.9 Å². The summed E-state index contributed by atoms with van der Waals surface area (Å²) in [6, 6.07) is 14.5. The summed E-state index contributed by atoms with van der Waals surface area (Å²) in [5, 5.41) is 11.0. The Balaban J connectivity index is 1.35. The van der Waals surface area contributed by atoms with Gasteiger partial charge in [0.15, 0.2) is 17.2 Å². The number of rotatable bonds is 10. The van der Waals surface area contributed by atoms with E-state index in [1.165, 1.54) is 0 Å². The molecule has 2 aliphatic rings. The van der Waals surface area contributed by atoms with E-state index in [1.807, 2.05) is 30.3 Å². The minimum Gasteiger partial charge on any atom is -0.493 e. The molecule has 3 heterocycles. The zero-order valence-electron chi connectivity index (χ0n) is 24.3. The van der Waals surface area contributed by atoms with Gasteiger partial charge in [-0.3, -0.25) is 4.79 Å². The molecular weight excluding hydrogens is 574 g/mol. The molecule has 0 radical (unpaired) electrons. The molecule has 2 fully saturated rings. The van der Waals surface area contributed by atoms with Gasteiger partial charge in [-0.15, -0.1) is 0 Å². The average molecular weight is 610 g/mol. The predicted octanol–water partition coefficient (Wildman–Crippen LogP) is 3.25. The number of carbonyl (C=O) groups is 1. The lowest BCUT2D eigenvalue weighted by atomic mass is 10.3. The second-order valence-corrected chi connectivity index (χ2v) is 10.4. The fraction of sp³-hybridized carbons (Fsp3) is 0.379. The Kier molecular flexibility index (Phi) is 9.97. The SMILES string of the molecule is COc1cc(Cl)c(Oc2cc(NCC(N)=Nc3ccccc3)nc(N3CCN(N4CCCC(=O)NC4)CC3)n2)cc1OC. The highest BCUT2D eigenvalue weighted by atomic mass is 35.5. The number of benzene rings is 2. The quantitative estimate of drug-likeness (QED) is 0.230. The second kappa shape index (κ2) is 14.2. The second-order valence-electron chi connectivity index (χ2n) is 9.96. The van der Waals surface area contributed by atoms with Gasteiger partial charge >= 0.3 is 0 Å². The van der Waals surface area contributed by atoms with Crippen LogP contribution in [0.2, 0.25) is 5.02 Å². The predicted molar refractivity (Wildman–Crippen MR) is 166 cm³/mol. The van der Waals surface area contributed by atoms with Crippen LogP contribution in [0.15, 0.2) is 53.5 Å². The Bertz CT molecular complexity index is 1430. The van der Waals surface area contributed by atoms with Gasteiger partial charge in [-0.05, 0) is 18.6 Å². The molecule has 5 rings (SSSR count). The van der Waals surface area contributed by atoms with Crippen molar-refractivity contribution in [3.63, 3.8) is 0 Å². The van der Waals surface area contributed by atoms with Crippen molar-refractivity contribution >= 4 is 40.8 Å². The molecule has 0 aliphatic carbocycles. The lowest BCUT2D eigenvalue weighted by Gasteiger charge is -2.40. The molecule has 2 aliphatic heterocycles. The van der Waals surface area contributed by atoms with Crippen LogP contribution in [0.1, 0.15) is 12.8 Å². The summed E-state index contributed by atoms with van der Waals surface area (Å²) in [4.78, 5) is 27.8. The average Bonchev–Trinajstić information content (AvgIpc) is 3.25. The number of hydrazine groups is 1. The Morgan fingerprint density at radius 1 is 1.00 bits per heavy atom. The van der Waals surface area contributed by atoms with Gasteiger partial charge in [-0.25, -0.2) is 15.0 Å². The van der Waals surface area contributed by atoms with Gasteiger partial charge in [0.2, 0.25) is 17.7 Å². The van der Waals surface area contributed by atoms with Gasteiger partial charge in [0.25, 0.3) is 0 Å². The van der Waals surface area contributed by atoms with E-state index in [2.05, 4.69) is 30.5 Å². The highest BCUT2D eigenvalue weighted by Gasteiger charge is 2.26. The largest absolute Gasteiger partial charge is 0.493 e. The number of aromatic nitrogens is 2. The summed E-state index contributed by atoms with van der Waals surface area (Å²) in [6.07, 6.45) is 1.39. The van der Waals surface area contributed by atoms with Crippen molar-refractivity contribution in [2.24, 2.45) is 10.7 Å². The van der Waals surface area contributed by atoms with E-state index in [9.17, 15) is 4.79 Å². The van der Waals surface area contributed by atoms with Gasteiger partial charge in [0, 0.05) is 57.3 Å². The maximum Gasteiger partial charge on any atom is 0.230 e. The third-order valence-electron chi connectivity index (χ3n) is 7.04. The minimum absolute atomic E-state index is 0.0930. The number of amides is 1. The summed E-state index contributed by atoms with van der Waals surface area (Å²) in [5.74, 6) is 3.11. The maximum absolute atomic E-state index is 11.8. The van der Waals surface area contributed by atoms with Crippen molar-refractivity contribution in [1.29, 1.82) is 0 Å². The number of piperazine rings is 1. The molecule has 228 valence electrons. The first kappa shape index (κ1) is 30.1. The summed E-state index contributed by atoms with van der Waals surface area (Å²) in [7, 11) is 3.08. The number of halogens is 1. The van der Waals surface area contributed by atoms with Crippen LogP contribution < -0.4 is 35.5 Å². The van der Waals surface area contributed by atoms with Crippen LogP contribution in [0.25, 0.3) is 0 Å². The normalized spacial score (nSPS) is 16.8. The molecule has 1 aromatic heterocycles. The molecule has 0 unspecified atom stereocenters. The van der Waals surface area contributed by atoms with E-state index in [0.29, 0.717) is 66.1 Å². The van der Waals surface area contributed by atoms with Gasteiger partial charge in [-0.2, -0.15) is 9.97 Å². The standard InChI is InChI=1S/C29H36ClN9O4/c1-41-23-15-21(30)22(16-24(23)42-2)43-28-17-26(32-18-25(31)34-20-7-4-3-5-8-20)35-29(36-28)37-11-13-38(14-12-37)39-10-6-9-27(40)33-19-39/h3-5,7-8,15-17H,6,9-14,18-19H2,1-2H3,(H2,31,34)(H,33,40)(H,32,35,36). The lowest BCUT2D eigenvalue weighted by Crippen LogP contribution is -2.56. The number of hydrogen-bond acceptors (Lipinski definition) is 11. The smallest absolute Gasteiger partial charge is 0.230 e.